The summed E-state index contributed by atoms with van der Waals surface area (Å²) in [5.74, 6) is -1.27. The highest BCUT2D eigenvalue weighted by Crippen LogP contribution is 2.36. The molecule has 1 aliphatic rings. The van der Waals surface area contributed by atoms with E-state index in [0.29, 0.717) is 18.0 Å². The number of likely N-dealkylation sites (N-methyl/N-ethyl adjacent to an activating group) is 1. The number of carbonyl (C=O) groups is 2. The highest BCUT2D eigenvalue weighted by molar-refractivity contribution is 5.82. The summed E-state index contributed by atoms with van der Waals surface area (Å²) < 4.78 is 0. The van der Waals surface area contributed by atoms with Gasteiger partial charge in [0.25, 0.3) is 0 Å². The van der Waals surface area contributed by atoms with E-state index in [2.05, 4.69) is 24.1 Å². The molecule has 19 heavy (non-hydrogen) atoms. The van der Waals surface area contributed by atoms with E-state index in [9.17, 15) is 9.59 Å². The fourth-order valence-electron chi connectivity index (χ4n) is 2.69. The van der Waals surface area contributed by atoms with Gasteiger partial charge in [-0.25, -0.2) is 4.79 Å². The Hall–Kier alpha value is -1.10. The number of aliphatic carboxylic acids is 1. The number of amides is 1. The molecular formula is C14H26N2O3. The monoisotopic (exact) mass is 270 g/mol. The summed E-state index contributed by atoms with van der Waals surface area (Å²) in [4.78, 5) is 24.2. The van der Waals surface area contributed by atoms with Crippen LogP contribution in [0.1, 0.15) is 46.5 Å². The van der Waals surface area contributed by atoms with Gasteiger partial charge in [-0.2, -0.15) is 0 Å². The van der Waals surface area contributed by atoms with Crippen LogP contribution in [0.4, 0.5) is 0 Å². The average Bonchev–Trinajstić information content (AvgIpc) is 2.27. The molecule has 5 nitrogen and oxygen atoms in total. The van der Waals surface area contributed by atoms with Gasteiger partial charge in [-0.3, -0.25) is 4.79 Å². The molecule has 1 saturated carbocycles. The third-order valence-electron chi connectivity index (χ3n) is 4.08. The standard InChI is InChI=1S/C14H26N2O3/c1-10(17)15-12(13(18)19)9-16(4)11-5-7-14(2,3)8-6-11/h11-12H,5-9H2,1-4H3,(H,15,17)(H,18,19). The Morgan fingerprint density at radius 3 is 2.32 bits per heavy atom. The molecule has 1 fully saturated rings. The van der Waals surface area contributed by atoms with Crippen LogP contribution in [0.3, 0.4) is 0 Å². The van der Waals surface area contributed by atoms with Crippen LogP contribution in [0, 0.1) is 5.41 Å². The summed E-state index contributed by atoms with van der Waals surface area (Å²) in [6.07, 6.45) is 4.52. The van der Waals surface area contributed by atoms with Crippen molar-refractivity contribution in [1.82, 2.24) is 10.2 Å². The third kappa shape index (κ3) is 5.19. The third-order valence-corrected chi connectivity index (χ3v) is 4.08. The fraction of sp³-hybridized carbons (Fsp3) is 0.857. The number of carbonyl (C=O) groups excluding carboxylic acids is 1. The van der Waals surface area contributed by atoms with Crippen molar-refractivity contribution in [2.75, 3.05) is 13.6 Å². The quantitative estimate of drug-likeness (QED) is 0.794. The molecule has 0 radical (unpaired) electrons. The van der Waals surface area contributed by atoms with Crippen LogP contribution in [-0.4, -0.2) is 47.6 Å². The molecule has 0 aliphatic heterocycles. The summed E-state index contributed by atoms with van der Waals surface area (Å²) in [5, 5.41) is 11.6. The summed E-state index contributed by atoms with van der Waals surface area (Å²) in [6, 6.07) is -0.402. The molecule has 0 spiro atoms. The van der Waals surface area contributed by atoms with Gasteiger partial charge in [-0.1, -0.05) is 13.8 Å². The van der Waals surface area contributed by atoms with Crippen molar-refractivity contribution in [2.24, 2.45) is 5.41 Å². The minimum atomic E-state index is -0.974. The van der Waals surface area contributed by atoms with E-state index in [1.54, 1.807) is 0 Å². The van der Waals surface area contributed by atoms with Crippen LogP contribution in [0.2, 0.25) is 0 Å². The van der Waals surface area contributed by atoms with Gasteiger partial charge in [0, 0.05) is 19.5 Å². The lowest BCUT2D eigenvalue weighted by molar-refractivity contribution is -0.142. The van der Waals surface area contributed by atoms with Gasteiger partial charge in [0.1, 0.15) is 6.04 Å². The lowest BCUT2D eigenvalue weighted by Gasteiger charge is -2.39. The fourth-order valence-corrected chi connectivity index (χ4v) is 2.69. The highest BCUT2D eigenvalue weighted by atomic mass is 16.4. The van der Waals surface area contributed by atoms with Crippen molar-refractivity contribution in [3.63, 3.8) is 0 Å². The Kier molecular flexibility index (Phi) is 5.35. The number of rotatable bonds is 5. The highest BCUT2D eigenvalue weighted by Gasteiger charge is 2.30. The Morgan fingerprint density at radius 1 is 1.37 bits per heavy atom. The van der Waals surface area contributed by atoms with E-state index in [4.69, 9.17) is 5.11 Å². The second kappa shape index (κ2) is 6.37. The van der Waals surface area contributed by atoms with Crippen LogP contribution < -0.4 is 5.32 Å². The van der Waals surface area contributed by atoms with Gasteiger partial charge in [0.15, 0.2) is 0 Å². The van der Waals surface area contributed by atoms with Crippen LogP contribution in [0.15, 0.2) is 0 Å². The minimum absolute atomic E-state index is 0.300. The smallest absolute Gasteiger partial charge is 0.327 e. The maximum absolute atomic E-state index is 11.1. The summed E-state index contributed by atoms with van der Waals surface area (Å²) >= 11 is 0. The van der Waals surface area contributed by atoms with Crippen LogP contribution in [-0.2, 0) is 9.59 Å². The molecular weight excluding hydrogens is 244 g/mol. The molecule has 1 aliphatic carbocycles. The number of nitrogens with zero attached hydrogens (tertiary/aromatic N) is 1. The predicted octanol–water partition coefficient (Wildman–Crippen LogP) is 1.48. The van der Waals surface area contributed by atoms with Gasteiger partial charge >= 0.3 is 5.97 Å². The Labute approximate surface area is 115 Å². The van der Waals surface area contributed by atoms with Crippen molar-refractivity contribution in [2.45, 2.75) is 58.5 Å². The van der Waals surface area contributed by atoms with Gasteiger partial charge < -0.3 is 15.3 Å². The Bertz CT molecular complexity index is 332. The van der Waals surface area contributed by atoms with E-state index < -0.39 is 12.0 Å². The van der Waals surface area contributed by atoms with E-state index in [0.717, 1.165) is 12.8 Å². The molecule has 1 rings (SSSR count). The molecule has 110 valence electrons. The van der Waals surface area contributed by atoms with Crippen LogP contribution >= 0.6 is 0 Å². The van der Waals surface area contributed by atoms with Crippen molar-refractivity contribution in [3.05, 3.63) is 0 Å². The predicted molar refractivity (Wildman–Crippen MR) is 73.9 cm³/mol. The van der Waals surface area contributed by atoms with Gasteiger partial charge in [0.2, 0.25) is 5.91 Å². The second-order valence-electron chi connectivity index (χ2n) is 6.43. The van der Waals surface area contributed by atoms with E-state index >= 15 is 0 Å². The average molecular weight is 270 g/mol. The van der Waals surface area contributed by atoms with Crippen molar-refractivity contribution >= 4 is 11.9 Å². The van der Waals surface area contributed by atoms with Gasteiger partial charge in [0.05, 0.1) is 0 Å². The molecule has 0 aromatic rings. The molecule has 0 aromatic heterocycles. The first-order valence-electron chi connectivity index (χ1n) is 6.91. The largest absolute Gasteiger partial charge is 0.480 e. The molecule has 5 heteroatoms. The van der Waals surface area contributed by atoms with E-state index in [-0.39, 0.29) is 5.91 Å². The topological polar surface area (TPSA) is 69.6 Å². The van der Waals surface area contributed by atoms with Crippen molar-refractivity contribution < 1.29 is 14.7 Å². The lowest BCUT2D eigenvalue weighted by Crippen LogP contribution is -2.50. The minimum Gasteiger partial charge on any atom is -0.480 e. The lowest BCUT2D eigenvalue weighted by atomic mass is 9.75. The SMILES string of the molecule is CC(=O)NC(CN(C)C1CCC(C)(C)CC1)C(=O)O. The zero-order chi connectivity index (χ0) is 14.6. The first-order chi connectivity index (χ1) is 8.71. The Morgan fingerprint density at radius 2 is 1.89 bits per heavy atom. The van der Waals surface area contributed by atoms with Gasteiger partial charge in [-0.05, 0) is 38.1 Å². The molecule has 1 unspecified atom stereocenters. The zero-order valence-corrected chi connectivity index (χ0v) is 12.4. The number of carboxylic acids is 1. The Balaban J connectivity index is 2.51. The molecule has 0 saturated heterocycles. The van der Waals surface area contributed by atoms with Crippen LogP contribution in [0.5, 0.6) is 0 Å². The molecule has 1 atom stereocenters. The summed E-state index contributed by atoms with van der Waals surface area (Å²) in [6.45, 7) is 6.26. The first-order valence-corrected chi connectivity index (χ1v) is 6.91. The van der Waals surface area contributed by atoms with Crippen molar-refractivity contribution in [3.8, 4) is 0 Å². The number of nitrogens with one attached hydrogen (secondary N) is 1. The molecule has 0 heterocycles. The zero-order valence-electron chi connectivity index (χ0n) is 12.4. The normalized spacial score (nSPS) is 21.1. The molecule has 0 bridgehead atoms. The van der Waals surface area contributed by atoms with E-state index in [1.807, 2.05) is 7.05 Å². The first kappa shape index (κ1) is 16.0. The number of carboxylic acid groups (broad SMARTS) is 1. The number of hydrogen-bond donors (Lipinski definition) is 2. The second-order valence-corrected chi connectivity index (χ2v) is 6.43. The van der Waals surface area contributed by atoms with Crippen molar-refractivity contribution in [1.29, 1.82) is 0 Å². The van der Waals surface area contributed by atoms with Gasteiger partial charge in [-0.15, -0.1) is 0 Å². The maximum atomic E-state index is 11.1. The molecule has 1 amide bonds. The summed E-state index contributed by atoms with van der Waals surface area (Å²) in [7, 11) is 1.95. The molecule has 0 aromatic carbocycles. The summed E-state index contributed by atoms with van der Waals surface area (Å²) in [5.41, 5.74) is 0.404. The van der Waals surface area contributed by atoms with Crippen LogP contribution in [0.25, 0.3) is 0 Å². The molecule has 2 N–H and O–H groups in total. The maximum Gasteiger partial charge on any atom is 0.327 e. The van der Waals surface area contributed by atoms with E-state index in [1.165, 1.54) is 19.8 Å². The number of hydrogen-bond acceptors (Lipinski definition) is 3.